The maximum absolute atomic E-state index is 11.9. The van der Waals surface area contributed by atoms with Crippen LogP contribution in [0.25, 0.3) is 0 Å². The Balaban J connectivity index is 2.19. The van der Waals surface area contributed by atoms with Gasteiger partial charge in [0.2, 0.25) is 0 Å². The van der Waals surface area contributed by atoms with Crippen LogP contribution in [0, 0.1) is 5.92 Å². The van der Waals surface area contributed by atoms with Gasteiger partial charge in [0.15, 0.2) is 11.5 Å². The van der Waals surface area contributed by atoms with Crippen molar-refractivity contribution in [3.05, 3.63) is 47.5 Å². The highest BCUT2D eigenvalue weighted by Crippen LogP contribution is 2.44. The third-order valence-corrected chi connectivity index (χ3v) is 5.80. The second-order valence-corrected chi connectivity index (χ2v) is 7.81. The van der Waals surface area contributed by atoms with Crippen LogP contribution < -0.4 is 10.1 Å². The van der Waals surface area contributed by atoms with E-state index in [1.165, 1.54) is 7.11 Å². The largest absolute Gasteiger partial charge is 0.504 e. The maximum atomic E-state index is 11.9. The second-order valence-electron chi connectivity index (χ2n) is 6.43. The molecule has 0 bridgehead atoms. The lowest BCUT2D eigenvalue weighted by atomic mass is 9.74. The first-order valence-corrected chi connectivity index (χ1v) is 9.73. The average molecular weight is 375 g/mol. The summed E-state index contributed by atoms with van der Waals surface area (Å²) in [6, 6.07) is 9.65. The number of nitrogens with one attached hydrogen (secondary N) is 1. The molecular weight excluding hydrogens is 354 g/mol. The van der Waals surface area contributed by atoms with Gasteiger partial charge in [-0.1, -0.05) is 13.0 Å². The average Bonchev–Trinajstić information content (AvgIpc) is 2.61. The molecule has 1 aliphatic rings. The fraction of sp³-hybridized carbons (Fsp3) is 0.316. The molecule has 2 aromatic rings. The van der Waals surface area contributed by atoms with Crippen LogP contribution in [0.5, 0.6) is 11.5 Å². The molecule has 0 radical (unpaired) electrons. The quantitative estimate of drug-likeness (QED) is 0.760. The van der Waals surface area contributed by atoms with Crippen LogP contribution in [-0.4, -0.2) is 39.8 Å². The van der Waals surface area contributed by atoms with Crippen molar-refractivity contribution in [3.63, 3.8) is 0 Å². The molecule has 1 heterocycles. The Morgan fingerprint density at radius 2 is 1.96 bits per heavy atom. The predicted molar refractivity (Wildman–Crippen MR) is 99.5 cm³/mol. The van der Waals surface area contributed by atoms with Gasteiger partial charge in [0, 0.05) is 33.6 Å². The molecule has 0 spiro atoms. The number of phenols is 1. The van der Waals surface area contributed by atoms with Crippen molar-refractivity contribution in [2.75, 3.05) is 18.7 Å². The summed E-state index contributed by atoms with van der Waals surface area (Å²) in [5.74, 6) is -1.09. The van der Waals surface area contributed by atoms with Crippen molar-refractivity contribution in [1.29, 1.82) is 0 Å². The van der Waals surface area contributed by atoms with E-state index < -0.39 is 22.8 Å². The summed E-state index contributed by atoms with van der Waals surface area (Å²) in [4.78, 5) is 12.4. The number of rotatable bonds is 4. The van der Waals surface area contributed by atoms with E-state index in [4.69, 9.17) is 4.74 Å². The van der Waals surface area contributed by atoms with Gasteiger partial charge in [-0.2, -0.15) is 0 Å². The van der Waals surface area contributed by atoms with E-state index in [1.807, 2.05) is 13.0 Å². The Hall–Kier alpha value is -2.54. The van der Waals surface area contributed by atoms with E-state index in [0.717, 1.165) is 11.1 Å². The molecule has 7 heteroatoms. The number of phenolic OH excluding ortho intramolecular Hbond substituents is 1. The van der Waals surface area contributed by atoms with Crippen molar-refractivity contribution >= 4 is 22.5 Å². The van der Waals surface area contributed by atoms with E-state index in [9.17, 15) is 19.2 Å². The van der Waals surface area contributed by atoms with Gasteiger partial charge in [-0.25, -0.2) is 4.79 Å². The van der Waals surface area contributed by atoms with Gasteiger partial charge >= 0.3 is 5.97 Å². The molecular formula is C19H21NO5S. The van der Waals surface area contributed by atoms with E-state index in [1.54, 1.807) is 36.6 Å². The topological polar surface area (TPSA) is 95.9 Å². The first-order chi connectivity index (χ1) is 12.3. The third kappa shape index (κ3) is 3.14. The predicted octanol–water partition coefficient (Wildman–Crippen LogP) is 2.78. The van der Waals surface area contributed by atoms with Crippen LogP contribution >= 0.6 is 0 Å². The number of methoxy groups -OCH3 is 1. The first-order valence-electron chi connectivity index (χ1n) is 8.17. The Morgan fingerprint density at radius 3 is 2.58 bits per heavy atom. The summed E-state index contributed by atoms with van der Waals surface area (Å²) >= 11 is 0. The summed E-state index contributed by atoms with van der Waals surface area (Å²) in [5, 5.41) is 22.6. The molecule has 2 aromatic carbocycles. The highest BCUT2D eigenvalue weighted by atomic mass is 32.2. The zero-order valence-electron chi connectivity index (χ0n) is 14.7. The molecule has 138 valence electrons. The van der Waals surface area contributed by atoms with Gasteiger partial charge in [-0.3, -0.25) is 4.21 Å². The number of hydrogen-bond acceptors (Lipinski definition) is 5. The Bertz CT molecular complexity index is 882. The molecule has 26 heavy (non-hydrogen) atoms. The number of ether oxygens (including phenoxy) is 1. The zero-order chi connectivity index (χ0) is 19.0. The van der Waals surface area contributed by atoms with Gasteiger partial charge in [-0.15, -0.1) is 0 Å². The molecule has 0 aliphatic carbocycles. The fourth-order valence-corrected chi connectivity index (χ4v) is 4.09. The van der Waals surface area contributed by atoms with Gasteiger partial charge in [0.05, 0.1) is 7.11 Å². The Kier molecular flexibility index (Phi) is 4.91. The molecule has 0 saturated carbocycles. The fourth-order valence-electron chi connectivity index (χ4n) is 3.54. The molecule has 0 fully saturated rings. The maximum Gasteiger partial charge on any atom is 0.326 e. The van der Waals surface area contributed by atoms with E-state index in [-0.39, 0.29) is 17.6 Å². The Morgan fingerprint density at radius 1 is 1.23 bits per heavy atom. The normalized spacial score (nSPS) is 22.8. The molecule has 0 saturated heterocycles. The Labute approximate surface area is 154 Å². The van der Waals surface area contributed by atoms with Crippen molar-refractivity contribution < 1.29 is 24.0 Å². The van der Waals surface area contributed by atoms with Crippen LogP contribution in [0.2, 0.25) is 0 Å². The lowest BCUT2D eigenvalue weighted by Crippen LogP contribution is -2.42. The van der Waals surface area contributed by atoms with Gasteiger partial charge in [0.1, 0.15) is 6.04 Å². The smallest absolute Gasteiger partial charge is 0.326 e. The number of hydrogen-bond donors (Lipinski definition) is 3. The van der Waals surface area contributed by atoms with E-state index in [0.29, 0.717) is 16.3 Å². The van der Waals surface area contributed by atoms with E-state index >= 15 is 0 Å². The van der Waals surface area contributed by atoms with Gasteiger partial charge in [-0.05, 0) is 47.4 Å². The SMILES string of the molecule is COc1cc(C2c3cc(S(C)=O)ccc3NC(C(=O)O)C2C)ccc1O. The van der Waals surface area contributed by atoms with Crippen LogP contribution in [0.4, 0.5) is 5.69 Å². The van der Waals surface area contributed by atoms with E-state index in [2.05, 4.69) is 5.32 Å². The zero-order valence-corrected chi connectivity index (χ0v) is 15.5. The number of fused-ring (bicyclic) bond motifs is 1. The lowest BCUT2D eigenvalue weighted by molar-refractivity contribution is -0.139. The molecule has 3 N–H and O–H groups in total. The van der Waals surface area contributed by atoms with Crippen LogP contribution in [-0.2, 0) is 15.6 Å². The number of carboxylic acid groups (broad SMARTS) is 1. The summed E-state index contributed by atoms with van der Waals surface area (Å²) in [6.45, 7) is 1.87. The standard InChI is InChI=1S/C19H21NO5S/c1-10-17(11-4-7-15(21)16(8-11)25-2)13-9-12(26(3)24)5-6-14(13)20-18(10)19(22)23/h4-10,17-18,20-21H,1-3H3,(H,22,23). The summed E-state index contributed by atoms with van der Waals surface area (Å²) in [6.07, 6.45) is 1.61. The highest BCUT2D eigenvalue weighted by molar-refractivity contribution is 7.84. The minimum atomic E-state index is -1.15. The van der Waals surface area contributed by atoms with Gasteiger partial charge < -0.3 is 20.3 Å². The number of aromatic hydroxyl groups is 1. The number of carbonyl (C=O) groups is 1. The molecule has 4 unspecified atom stereocenters. The molecule has 1 aliphatic heterocycles. The summed E-state index contributed by atoms with van der Waals surface area (Å²) < 4.78 is 17.1. The number of aliphatic carboxylic acids is 1. The van der Waals surface area contributed by atoms with Crippen molar-refractivity contribution in [1.82, 2.24) is 0 Å². The molecule has 4 atom stereocenters. The van der Waals surface area contributed by atoms with Crippen molar-refractivity contribution in [2.24, 2.45) is 5.92 Å². The van der Waals surface area contributed by atoms with Gasteiger partial charge in [0.25, 0.3) is 0 Å². The molecule has 0 aromatic heterocycles. The highest BCUT2D eigenvalue weighted by Gasteiger charge is 2.38. The lowest BCUT2D eigenvalue weighted by Gasteiger charge is -2.37. The molecule has 3 rings (SSSR count). The minimum absolute atomic E-state index is 0.0243. The monoisotopic (exact) mass is 375 g/mol. The summed E-state index contributed by atoms with van der Waals surface area (Å²) in [7, 11) is 0.324. The first kappa shape index (κ1) is 18.3. The molecule has 0 amide bonds. The van der Waals surface area contributed by atoms with Crippen LogP contribution in [0.1, 0.15) is 24.0 Å². The number of anilines is 1. The van der Waals surface area contributed by atoms with Crippen LogP contribution in [0.3, 0.4) is 0 Å². The van der Waals surface area contributed by atoms with Crippen LogP contribution in [0.15, 0.2) is 41.3 Å². The van der Waals surface area contributed by atoms with Crippen molar-refractivity contribution in [3.8, 4) is 11.5 Å². The third-order valence-electron chi connectivity index (χ3n) is 4.88. The molecule has 6 nitrogen and oxygen atoms in total. The number of carboxylic acids is 1. The van der Waals surface area contributed by atoms with Crippen molar-refractivity contribution in [2.45, 2.75) is 23.8 Å². The summed E-state index contributed by atoms with van der Waals surface area (Å²) in [5.41, 5.74) is 2.43. The second kappa shape index (κ2) is 6.99. The minimum Gasteiger partial charge on any atom is -0.504 e. The number of benzene rings is 2.